The van der Waals surface area contributed by atoms with E-state index in [9.17, 15) is 4.79 Å². The van der Waals surface area contributed by atoms with Crippen molar-refractivity contribution in [3.05, 3.63) is 23.8 Å². The fourth-order valence-corrected chi connectivity index (χ4v) is 2.64. The second-order valence-corrected chi connectivity index (χ2v) is 5.71. The van der Waals surface area contributed by atoms with Gasteiger partial charge in [-0.15, -0.1) is 12.4 Å². The molecular weight excluding hydrogens is 316 g/mol. The van der Waals surface area contributed by atoms with Crippen molar-refractivity contribution >= 4 is 18.3 Å². The molecule has 0 aliphatic carbocycles. The Hall–Kier alpha value is -1.46. The van der Waals surface area contributed by atoms with Crippen LogP contribution in [0.5, 0.6) is 11.5 Å². The number of amides is 1. The maximum atomic E-state index is 12.4. The lowest BCUT2D eigenvalue weighted by Gasteiger charge is -2.28. The highest BCUT2D eigenvalue weighted by atomic mass is 35.5. The van der Waals surface area contributed by atoms with E-state index in [-0.39, 0.29) is 18.3 Å². The third-order valence-corrected chi connectivity index (χ3v) is 4.49. The Morgan fingerprint density at radius 1 is 1.22 bits per heavy atom. The number of nitrogens with two attached hydrogens (primary N) is 1. The highest BCUT2D eigenvalue weighted by Gasteiger charge is 2.32. The molecule has 0 aromatic heterocycles. The van der Waals surface area contributed by atoms with Crippen LogP contribution in [0.4, 0.5) is 0 Å². The minimum Gasteiger partial charge on any atom is -0.490 e. The predicted octanol–water partition coefficient (Wildman–Crippen LogP) is 2.65. The Morgan fingerprint density at radius 3 is 2.48 bits per heavy atom. The number of carbonyl (C=O) groups excluding carboxylic acids is 1. The van der Waals surface area contributed by atoms with E-state index in [0.29, 0.717) is 26.3 Å². The fraction of sp³-hybridized carbons (Fsp3) is 0.588. The first kappa shape index (κ1) is 19.6. The number of benzene rings is 1. The molecule has 1 aliphatic rings. The van der Waals surface area contributed by atoms with Crippen LogP contribution in [0.25, 0.3) is 0 Å². The highest BCUT2D eigenvalue weighted by molar-refractivity contribution is 5.85. The van der Waals surface area contributed by atoms with Gasteiger partial charge >= 0.3 is 0 Å². The summed E-state index contributed by atoms with van der Waals surface area (Å²) in [5.41, 5.74) is 6.34. The van der Waals surface area contributed by atoms with Crippen LogP contribution in [0, 0.1) is 5.41 Å². The normalized spacial score (nSPS) is 13.7. The number of fused-ring (bicyclic) bond motifs is 1. The smallest absolute Gasteiger partial charge is 0.227 e. The van der Waals surface area contributed by atoms with E-state index in [2.05, 4.69) is 5.32 Å². The van der Waals surface area contributed by atoms with Gasteiger partial charge in [0.1, 0.15) is 0 Å². The monoisotopic (exact) mass is 342 g/mol. The minimum atomic E-state index is -0.467. The first-order chi connectivity index (χ1) is 10.6. The summed E-state index contributed by atoms with van der Waals surface area (Å²) < 4.78 is 11.3. The molecule has 3 N–H and O–H groups in total. The molecule has 0 atom stereocenters. The van der Waals surface area contributed by atoms with Crippen LogP contribution in [-0.4, -0.2) is 25.7 Å². The third kappa shape index (κ3) is 4.52. The Bertz CT molecular complexity index is 510. The maximum Gasteiger partial charge on any atom is 0.227 e. The lowest BCUT2D eigenvalue weighted by Crippen LogP contribution is -2.45. The van der Waals surface area contributed by atoms with E-state index >= 15 is 0 Å². The van der Waals surface area contributed by atoms with Crippen LogP contribution in [-0.2, 0) is 11.3 Å². The van der Waals surface area contributed by atoms with Gasteiger partial charge in [-0.25, -0.2) is 0 Å². The van der Waals surface area contributed by atoms with Gasteiger partial charge in [0.2, 0.25) is 5.91 Å². The number of hydrogen-bond acceptors (Lipinski definition) is 4. The number of hydrogen-bond donors (Lipinski definition) is 2. The summed E-state index contributed by atoms with van der Waals surface area (Å²) >= 11 is 0. The highest BCUT2D eigenvalue weighted by Crippen LogP contribution is 2.30. The first-order valence-electron chi connectivity index (χ1n) is 8.02. The molecule has 1 aromatic rings. The first-order valence-corrected chi connectivity index (χ1v) is 8.02. The predicted molar refractivity (Wildman–Crippen MR) is 93.2 cm³/mol. The van der Waals surface area contributed by atoms with Crippen LogP contribution >= 0.6 is 12.4 Å². The number of halogens is 1. The van der Waals surface area contributed by atoms with Crippen molar-refractivity contribution in [3.63, 3.8) is 0 Å². The zero-order valence-corrected chi connectivity index (χ0v) is 14.7. The lowest BCUT2D eigenvalue weighted by atomic mass is 9.81. The second kappa shape index (κ2) is 8.99. The second-order valence-electron chi connectivity index (χ2n) is 5.71. The topological polar surface area (TPSA) is 73.6 Å². The van der Waals surface area contributed by atoms with E-state index in [4.69, 9.17) is 15.2 Å². The molecule has 0 unspecified atom stereocenters. The summed E-state index contributed by atoms with van der Waals surface area (Å²) in [6.45, 7) is 6.18. The summed E-state index contributed by atoms with van der Waals surface area (Å²) in [6.07, 6.45) is 2.37. The van der Waals surface area contributed by atoms with Gasteiger partial charge in [-0.3, -0.25) is 4.79 Å². The molecule has 1 aliphatic heterocycles. The molecule has 0 bridgehead atoms. The number of rotatable bonds is 6. The van der Waals surface area contributed by atoms with E-state index in [0.717, 1.165) is 36.3 Å². The molecule has 23 heavy (non-hydrogen) atoms. The molecule has 0 spiro atoms. The minimum absolute atomic E-state index is 0. The SMILES string of the molecule is CCC(CC)(CN)C(=O)NCc1ccc2c(c1)OCCCO2.Cl. The molecule has 0 saturated heterocycles. The van der Waals surface area contributed by atoms with Gasteiger partial charge in [0.15, 0.2) is 11.5 Å². The van der Waals surface area contributed by atoms with Crippen molar-refractivity contribution in [1.82, 2.24) is 5.32 Å². The molecule has 1 heterocycles. The molecule has 130 valence electrons. The van der Waals surface area contributed by atoms with Crippen molar-refractivity contribution in [1.29, 1.82) is 0 Å². The Balaban J connectivity index is 0.00000264. The quantitative estimate of drug-likeness (QED) is 0.833. The van der Waals surface area contributed by atoms with Gasteiger partial charge in [0, 0.05) is 19.5 Å². The van der Waals surface area contributed by atoms with Crippen LogP contribution in [0.3, 0.4) is 0 Å². The summed E-state index contributed by atoms with van der Waals surface area (Å²) in [4.78, 5) is 12.4. The average Bonchev–Trinajstić information content (AvgIpc) is 2.80. The van der Waals surface area contributed by atoms with E-state index < -0.39 is 5.41 Å². The van der Waals surface area contributed by atoms with Crippen LogP contribution in [0.2, 0.25) is 0 Å². The molecule has 5 nitrogen and oxygen atoms in total. The van der Waals surface area contributed by atoms with Crippen LogP contribution in [0.1, 0.15) is 38.7 Å². The number of carbonyl (C=O) groups is 1. The zero-order valence-electron chi connectivity index (χ0n) is 13.9. The van der Waals surface area contributed by atoms with Crippen molar-refractivity contribution < 1.29 is 14.3 Å². The summed E-state index contributed by atoms with van der Waals surface area (Å²) in [5.74, 6) is 1.54. The van der Waals surface area contributed by atoms with Crippen molar-refractivity contribution in [2.24, 2.45) is 11.1 Å². The fourth-order valence-electron chi connectivity index (χ4n) is 2.64. The summed E-state index contributed by atoms with van der Waals surface area (Å²) in [5, 5.41) is 3.00. The van der Waals surface area contributed by atoms with Crippen LogP contribution in [0.15, 0.2) is 18.2 Å². The largest absolute Gasteiger partial charge is 0.490 e. The summed E-state index contributed by atoms with van der Waals surface area (Å²) in [7, 11) is 0. The van der Waals surface area contributed by atoms with E-state index in [1.54, 1.807) is 0 Å². The van der Waals surface area contributed by atoms with E-state index in [1.165, 1.54) is 0 Å². The number of ether oxygens (including phenoxy) is 2. The van der Waals surface area contributed by atoms with Gasteiger partial charge in [-0.1, -0.05) is 19.9 Å². The Kier molecular flexibility index (Phi) is 7.65. The molecule has 0 radical (unpaired) electrons. The van der Waals surface area contributed by atoms with Gasteiger partial charge in [-0.05, 0) is 30.5 Å². The van der Waals surface area contributed by atoms with Crippen molar-refractivity contribution in [3.8, 4) is 11.5 Å². The number of nitrogens with one attached hydrogen (secondary N) is 1. The van der Waals surface area contributed by atoms with Crippen molar-refractivity contribution in [2.75, 3.05) is 19.8 Å². The molecule has 0 saturated carbocycles. The van der Waals surface area contributed by atoms with E-state index in [1.807, 2.05) is 32.0 Å². The van der Waals surface area contributed by atoms with Crippen molar-refractivity contribution in [2.45, 2.75) is 39.7 Å². The van der Waals surface area contributed by atoms with Crippen LogP contribution < -0.4 is 20.5 Å². The molecular formula is C17H27ClN2O3. The molecule has 6 heteroatoms. The van der Waals surface area contributed by atoms with Gasteiger partial charge < -0.3 is 20.5 Å². The van der Waals surface area contributed by atoms with Gasteiger partial charge in [0.05, 0.1) is 18.6 Å². The third-order valence-electron chi connectivity index (χ3n) is 4.49. The van der Waals surface area contributed by atoms with Gasteiger partial charge in [-0.2, -0.15) is 0 Å². The lowest BCUT2D eigenvalue weighted by molar-refractivity contribution is -0.131. The van der Waals surface area contributed by atoms with Gasteiger partial charge in [0.25, 0.3) is 0 Å². The standard InChI is InChI=1S/C17H26N2O3.ClH/c1-3-17(4-2,12-18)16(20)19-11-13-6-7-14-15(10-13)22-9-5-8-21-14;/h6-7,10H,3-5,8-9,11-12,18H2,1-2H3,(H,19,20);1H. The average molecular weight is 343 g/mol. The Morgan fingerprint density at radius 2 is 1.87 bits per heavy atom. The maximum absolute atomic E-state index is 12.4. The molecule has 1 aromatic carbocycles. The summed E-state index contributed by atoms with van der Waals surface area (Å²) in [6, 6.07) is 5.79. The molecule has 2 rings (SSSR count). The Labute approximate surface area is 144 Å². The zero-order chi connectivity index (χ0) is 16.0. The molecule has 1 amide bonds. The molecule has 0 fully saturated rings.